The summed E-state index contributed by atoms with van der Waals surface area (Å²) in [6.45, 7) is 1.97. The first kappa shape index (κ1) is 19.2. The maximum absolute atomic E-state index is 12.3. The summed E-state index contributed by atoms with van der Waals surface area (Å²) in [4.78, 5) is 38.2. The molecule has 1 aromatic carbocycles. The maximum atomic E-state index is 12.3. The van der Waals surface area contributed by atoms with E-state index >= 15 is 0 Å². The topological polar surface area (TPSA) is 82.1 Å². The number of hydrogen-bond acceptors (Lipinski definition) is 7. The Labute approximate surface area is 151 Å². The Morgan fingerprint density at radius 3 is 2.08 bits per heavy atom. The predicted octanol–water partition coefficient (Wildman–Crippen LogP) is 2.01. The first-order chi connectivity index (χ1) is 12.4. The fourth-order valence-electron chi connectivity index (χ4n) is 2.79. The molecule has 0 aromatic heterocycles. The molecule has 0 saturated heterocycles. The van der Waals surface area contributed by atoms with E-state index in [-0.39, 0.29) is 17.8 Å². The van der Waals surface area contributed by atoms with Gasteiger partial charge in [0.05, 0.1) is 43.5 Å². The number of methoxy groups -OCH3 is 2. The Morgan fingerprint density at radius 1 is 1.00 bits per heavy atom. The molecule has 26 heavy (non-hydrogen) atoms. The zero-order chi connectivity index (χ0) is 19.3. The number of hydrogen-bond donors (Lipinski definition) is 0. The average molecular weight is 359 g/mol. The van der Waals surface area contributed by atoms with Crippen LogP contribution in [-0.2, 0) is 23.8 Å². The number of nitrogens with zero attached hydrogens (tertiary/aromatic N) is 1. The van der Waals surface area contributed by atoms with Crippen LogP contribution in [0.3, 0.4) is 0 Å². The van der Waals surface area contributed by atoms with Crippen LogP contribution in [0.5, 0.6) is 0 Å². The van der Waals surface area contributed by atoms with Gasteiger partial charge < -0.3 is 19.1 Å². The van der Waals surface area contributed by atoms with Crippen LogP contribution in [0.2, 0.25) is 0 Å². The Balaban J connectivity index is 2.56. The van der Waals surface area contributed by atoms with Gasteiger partial charge >= 0.3 is 17.9 Å². The third-order valence-electron chi connectivity index (χ3n) is 3.88. The molecule has 0 spiro atoms. The van der Waals surface area contributed by atoms with Gasteiger partial charge in [-0.1, -0.05) is 12.1 Å². The highest BCUT2D eigenvalue weighted by Gasteiger charge is 2.34. The highest BCUT2D eigenvalue weighted by molar-refractivity contribution is 5.99. The minimum atomic E-state index is -0.722. The minimum Gasteiger partial charge on any atom is -0.466 e. The molecule has 1 aliphatic heterocycles. The molecule has 0 aliphatic carbocycles. The van der Waals surface area contributed by atoms with Crippen molar-refractivity contribution in [2.75, 3.05) is 27.9 Å². The van der Waals surface area contributed by atoms with Crippen LogP contribution in [0.1, 0.15) is 28.8 Å². The molecule has 1 aromatic rings. The SMILES string of the molecule is CCOC(=O)c1cccc(C2C(C(=O)OC)=CN(C)C=C2C(=O)OC)c1. The second-order valence-electron chi connectivity index (χ2n) is 5.60. The third-order valence-corrected chi connectivity index (χ3v) is 3.88. The fourth-order valence-corrected chi connectivity index (χ4v) is 2.79. The summed E-state index contributed by atoms with van der Waals surface area (Å²) in [5.41, 5.74) is 1.44. The van der Waals surface area contributed by atoms with Crippen LogP contribution in [0.4, 0.5) is 0 Å². The van der Waals surface area contributed by atoms with Crippen molar-refractivity contribution in [3.63, 3.8) is 0 Å². The number of rotatable bonds is 5. The van der Waals surface area contributed by atoms with Crippen LogP contribution >= 0.6 is 0 Å². The van der Waals surface area contributed by atoms with E-state index in [0.29, 0.717) is 11.1 Å². The second kappa shape index (κ2) is 8.33. The molecule has 7 heteroatoms. The Bertz CT molecular complexity index is 746. The lowest BCUT2D eigenvalue weighted by Gasteiger charge is -2.28. The van der Waals surface area contributed by atoms with Gasteiger partial charge in [0.1, 0.15) is 0 Å². The van der Waals surface area contributed by atoms with Gasteiger partial charge in [-0.15, -0.1) is 0 Å². The van der Waals surface area contributed by atoms with Crippen LogP contribution < -0.4 is 0 Å². The van der Waals surface area contributed by atoms with Crippen molar-refractivity contribution in [3.05, 3.63) is 58.9 Å². The molecule has 0 amide bonds. The summed E-state index contributed by atoms with van der Waals surface area (Å²) in [7, 11) is 4.23. The third kappa shape index (κ3) is 3.93. The van der Waals surface area contributed by atoms with E-state index in [4.69, 9.17) is 14.2 Å². The van der Waals surface area contributed by atoms with Gasteiger partial charge in [0.15, 0.2) is 0 Å². The molecule has 0 N–H and O–H groups in total. The van der Waals surface area contributed by atoms with Crippen LogP contribution in [0, 0.1) is 0 Å². The smallest absolute Gasteiger partial charge is 0.338 e. The van der Waals surface area contributed by atoms with Crippen molar-refractivity contribution in [2.45, 2.75) is 12.8 Å². The maximum Gasteiger partial charge on any atom is 0.338 e. The molecule has 0 unspecified atom stereocenters. The van der Waals surface area contributed by atoms with Gasteiger partial charge in [-0.2, -0.15) is 0 Å². The summed E-state index contributed by atoms with van der Waals surface area (Å²) >= 11 is 0. The number of carbonyl (C=O) groups excluding carboxylic acids is 3. The Hall–Kier alpha value is -3.09. The quantitative estimate of drug-likeness (QED) is 0.587. The van der Waals surface area contributed by atoms with E-state index in [9.17, 15) is 14.4 Å². The molecule has 0 atom stereocenters. The van der Waals surface area contributed by atoms with Gasteiger partial charge in [0, 0.05) is 19.4 Å². The van der Waals surface area contributed by atoms with Crippen LogP contribution in [0.15, 0.2) is 47.8 Å². The van der Waals surface area contributed by atoms with E-state index in [1.807, 2.05) is 0 Å². The standard InChI is InChI=1S/C19H21NO6/c1-5-26-17(21)13-8-6-7-12(9-13)16-14(18(22)24-3)10-20(2)11-15(16)19(23)25-4/h6-11,16H,5H2,1-4H3. The Kier molecular flexibility index (Phi) is 6.16. The van der Waals surface area contributed by atoms with Gasteiger partial charge in [-0.25, -0.2) is 14.4 Å². The molecular weight excluding hydrogens is 338 g/mol. The number of benzene rings is 1. The highest BCUT2D eigenvalue weighted by Crippen LogP contribution is 2.37. The molecule has 0 saturated carbocycles. The monoisotopic (exact) mass is 359 g/mol. The van der Waals surface area contributed by atoms with Crippen LogP contribution in [-0.4, -0.2) is 50.7 Å². The second-order valence-corrected chi connectivity index (χ2v) is 5.60. The first-order valence-corrected chi connectivity index (χ1v) is 8.02. The summed E-state index contributed by atoms with van der Waals surface area (Å²) in [5, 5.41) is 0. The summed E-state index contributed by atoms with van der Waals surface area (Å²) < 4.78 is 14.7. The van der Waals surface area contributed by atoms with Crippen molar-refractivity contribution in [1.29, 1.82) is 0 Å². The van der Waals surface area contributed by atoms with Gasteiger partial charge in [-0.05, 0) is 24.6 Å². The zero-order valence-electron chi connectivity index (χ0n) is 15.1. The first-order valence-electron chi connectivity index (χ1n) is 8.02. The predicted molar refractivity (Wildman–Crippen MR) is 93.1 cm³/mol. The molecule has 0 bridgehead atoms. The molecular formula is C19H21NO6. The van der Waals surface area contributed by atoms with E-state index < -0.39 is 23.8 Å². The Morgan fingerprint density at radius 2 is 1.58 bits per heavy atom. The lowest BCUT2D eigenvalue weighted by atomic mass is 9.83. The average Bonchev–Trinajstić information content (AvgIpc) is 2.66. The molecule has 1 aliphatic rings. The van der Waals surface area contributed by atoms with E-state index in [0.717, 1.165) is 0 Å². The molecule has 0 fully saturated rings. The van der Waals surface area contributed by atoms with Crippen molar-refractivity contribution < 1.29 is 28.6 Å². The molecule has 2 rings (SSSR count). The molecule has 138 valence electrons. The molecule has 0 radical (unpaired) electrons. The summed E-state index contributed by atoms with van der Waals surface area (Å²) in [5.74, 6) is -2.34. The number of ether oxygens (including phenoxy) is 3. The fraction of sp³-hybridized carbons (Fsp3) is 0.316. The van der Waals surface area contributed by atoms with Crippen molar-refractivity contribution in [3.8, 4) is 0 Å². The molecule has 1 heterocycles. The molecule has 7 nitrogen and oxygen atoms in total. The lowest BCUT2D eigenvalue weighted by Crippen LogP contribution is -2.27. The van der Waals surface area contributed by atoms with E-state index in [2.05, 4.69) is 0 Å². The number of carbonyl (C=O) groups is 3. The van der Waals surface area contributed by atoms with Crippen molar-refractivity contribution >= 4 is 17.9 Å². The zero-order valence-corrected chi connectivity index (χ0v) is 15.1. The highest BCUT2D eigenvalue weighted by atomic mass is 16.5. The van der Waals surface area contributed by atoms with Gasteiger partial charge in [0.2, 0.25) is 0 Å². The van der Waals surface area contributed by atoms with Crippen molar-refractivity contribution in [1.82, 2.24) is 4.90 Å². The normalized spacial score (nSPS) is 14.2. The van der Waals surface area contributed by atoms with Crippen molar-refractivity contribution in [2.24, 2.45) is 0 Å². The van der Waals surface area contributed by atoms with Gasteiger partial charge in [0.25, 0.3) is 0 Å². The van der Waals surface area contributed by atoms with E-state index in [1.165, 1.54) is 14.2 Å². The summed E-state index contributed by atoms with van der Waals surface area (Å²) in [6, 6.07) is 6.61. The summed E-state index contributed by atoms with van der Waals surface area (Å²) in [6.07, 6.45) is 3.17. The van der Waals surface area contributed by atoms with Crippen LogP contribution in [0.25, 0.3) is 0 Å². The largest absolute Gasteiger partial charge is 0.466 e. The van der Waals surface area contributed by atoms with Gasteiger partial charge in [-0.3, -0.25) is 0 Å². The minimum absolute atomic E-state index is 0.248. The van der Waals surface area contributed by atoms with E-state index in [1.54, 1.807) is 55.5 Å². The number of esters is 3. The lowest BCUT2D eigenvalue weighted by molar-refractivity contribution is -0.137.